The van der Waals surface area contributed by atoms with Crippen LogP contribution in [0.15, 0.2) is 30.4 Å². The molecule has 0 radical (unpaired) electrons. The first-order chi connectivity index (χ1) is 11.6. The Morgan fingerprint density at radius 1 is 1.25 bits per heavy atom. The smallest absolute Gasteiger partial charge is 0.0611 e. The minimum Gasteiger partial charge on any atom is -0.394 e. The Morgan fingerprint density at radius 3 is 2.88 bits per heavy atom. The number of allylic oxidation sites excluding steroid dienone is 2. The number of aryl methyl sites for hydroxylation is 1. The lowest BCUT2D eigenvalue weighted by Gasteiger charge is -2.25. The van der Waals surface area contributed by atoms with Gasteiger partial charge in [0, 0.05) is 5.54 Å². The van der Waals surface area contributed by atoms with Crippen LogP contribution in [0.5, 0.6) is 0 Å². The van der Waals surface area contributed by atoms with E-state index in [1.807, 2.05) is 0 Å². The van der Waals surface area contributed by atoms with E-state index in [1.165, 1.54) is 44.1 Å². The highest BCUT2D eigenvalue weighted by Crippen LogP contribution is 2.40. The highest BCUT2D eigenvalue weighted by Gasteiger charge is 2.36. The van der Waals surface area contributed by atoms with Crippen LogP contribution in [0.2, 0.25) is 0 Å². The second kappa shape index (κ2) is 7.84. The lowest BCUT2D eigenvalue weighted by atomic mass is 9.80. The van der Waals surface area contributed by atoms with Gasteiger partial charge in [-0.3, -0.25) is 0 Å². The van der Waals surface area contributed by atoms with Gasteiger partial charge in [-0.05, 0) is 79.9 Å². The summed E-state index contributed by atoms with van der Waals surface area (Å²) < 4.78 is 0. The van der Waals surface area contributed by atoms with Crippen LogP contribution in [0, 0.1) is 5.92 Å². The van der Waals surface area contributed by atoms with Gasteiger partial charge in [0.25, 0.3) is 0 Å². The number of aliphatic hydroxyl groups excluding tert-OH is 1. The van der Waals surface area contributed by atoms with Crippen molar-refractivity contribution in [1.29, 1.82) is 0 Å². The van der Waals surface area contributed by atoms with Gasteiger partial charge in [-0.25, -0.2) is 0 Å². The third-order valence-corrected chi connectivity index (χ3v) is 6.08. The highest BCUT2D eigenvalue weighted by atomic mass is 16.3. The molecular formula is C22H33NO. The normalized spacial score (nSPS) is 30.0. The molecule has 0 aromatic heterocycles. The molecule has 0 amide bonds. The Hall–Kier alpha value is -1.12. The Morgan fingerprint density at radius 2 is 2.12 bits per heavy atom. The van der Waals surface area contributed by atoms with Crippen molar-refractivity contribution in [3.8, 4) is 0 Å². The fourth-order valence-corrected chi connectivity index (χ4v) is 4.46. The lowest BCUT2D eigenvalue weighted by molar-refractivity contribution is 0.198. The zero-order chi connectivity index (χ0) is 17.0. The number of hydrogen-bond donors (Lipinski definition) is 2. The molecule has 0 heterocycles. The summed E-state index contributed by atoms with van der Waals surface area (Å²) in [4.78, 5) is 0. The summed E-state index contributed by atoms with van der Waals surface area (Å²) in [6.45, 7) is 2.35. The average Bonchev–Trinajstić information content (AvgIpc) is 3.01. The van der Waals surface area contributed by atoms with Gasteiger partial charge >= 0.3 is 0 Å². The Balaban J connectivity index is 1.62. The predicted molar refractivity (Wildman–Crippen MR) is 101 cm³/mol. The summed E-state index contributed by atoms with van der Waals surface area (Å²) in [5.74, 6) is 1.34. The molecule has 132 valence electrons. The molecule has 1 aromatic rings. The van der Waals surface area contributed by atoms with Crippen molar-refractivity contribution in [3.05, 3.63) is 47.0 Å². The first-order valence-corrected chi connectivity index (χ1v) is 9.80. The summed E-state index contributed by atoms with van der Waals surface area (Å²) in [5, 5.41) is 9.49. The van der Waals surface area contributed by atoms with Gasteiger partial charge in [-0.15, -0.1) is 0 Å². The topological polar surface area (TPSA) is 46.2 Å². The van der Waals surface area contributed by atoms with Crippen molar-refractivity contribution in [2.24, 2.45) is 11.7 Å². The summed E-state index contributed by atoms with van der Waals surface area (Å²) in [6.07, 6.45) is 15.2. The molecule has 3 atom stereocenters. The summed E-state index contributed by atoms with van der Waals surface area (Å²) >= 11 is 0. The molecule has 3 N–H and O–H groups in total. The van der Waals surface area contributed by atoms with Gasteiger partial charge in [0.05, 0.1) is 6.61 Å². The van der Waals surface area contributed by atoms with Crippen LogP contribution in [0.25, 0.3) is 0 Å². The first-order valence-electron chi connectivity index (χ1n) is 9.80. The molecular weight excluding hydrogens is 294 g/mol. The van der Waals surface area contributed by atoms with Crippen LogP contribution in [-0.2, 0) is 12.8 Å². The maximum Gasteiger partial charge on any atom is 0.0611 e. The van der Waals surface area contributed by atoms with E-state index in [-0.39, 0.29) is 12.1 Å². The van der Waals surface area contributed by atoms with Crippen LogP contribution in [0.1, 0.15) is 74.5 Å². The summed E-state index contributed by atoms with van der Waals surface area (Å²) in [5.41, 5.74) is 10.5. The molecule has 2 aliphatic rings. The Labute approximate surface area is 147 Å². The molecule has 1 saturated carbocycles. The van der Waals surface area contributed by atoms with Crippen LogP contribution in [0.3, 0.4) is 0 Å². The second-order valence-electron chi connectivity index (χ2n) is 8.09. The van der Waals surface area contributed by atoms with Gasteiger partial charge in [0.15, 0.2) is 0 Å². The largest absolute Gasteiger partial charge is 0.394 e. The number of unbranched alkanes of at least 4 members (excludes halogenated alkanes) is 1. The van der Waals surface area contributed by atoms with Gasteiger partial charge in [-0.2, -0.15) is 0 Å². The first kappa shape index (κ1) is 17.7. The Bertz CT molecular complexity index is 579. The second-order valence-corrected chi connectivity index (χ2v) is 8.09. The molecule has 1 aromatic carbocycles. The number of hydrogen-bond acceptors (Lipinski definition) is 2. The molecule has 0 bridgehead atoms. The van der Waals surface area contributed by atoms with Crippen molar-refractivity contribution in [1.82, 2.24) is 0 Å². The molecule has 2 nitrogen and oxygen atoms in total. The van der Waals surface area contributed by atoms with E-state index >= 15 is 0 Å². The van der Waals surface area contributed by atoms with Crippen LogP contribution < -0.4 is 5.73 Å². The van der Waals surface area contributed by atoms with Crippen molar-refractivity contribution >= 4 is 0 Å². The quantitative estimate of drug-likeness (QED) is 0.756. The molecule has 0 aliphatic heterocycles. The molecule has 24 heavy (non-hydrogen) atoms. The van der Waals surface area contributed by atoms with E-state index in [1.54, 1.807) is 11.1 Å². The molecule has 1 unspecified atom stereocenters. The maximum absolute atomic E-state index is 9.49. The number of nitrogens with two attached hydrogens (primary N) is 1. The minimum absolute atomic E-state index is 0.113. The number of fused-ring (bicyclic) bond motifs is 1. The van der Waals surface area contributed by atoms with Crippen LogP contribution >= 0.6 is 0 Å². The van der Waals surface area contributed by atoms with E-state index < -0.39 is 0 Å². The zero-order valence-corrected chi connectivity index (χ0v) is 15.1. The van der Waals surface area contributed by atoms with Crippen molar-refractivity contribution in [3.63, 3.8) is 0 Å². The summed E-state index contributed by atoms with van der Waals surface area (Å²) in [7, 11) is 0. The third-order valence-electron chi connectivity index (χ3n) is 6.08. The predicted octanol–water partition coefficient (Wildman–Crippen LogP) is 4.50. The highest BCUT2D eigenvalue weighted by molar-refractivity contribution is 5.36. The maximum atomic E-state index is 9.49. The average molecular weight is 328 g/mol. The number of rotatable bonds is 6. The lowest BCUT2D eigenvalue weighted by Crippen LogP contribution is -2.40. The SMILES string of the molecule is CCC/C=C\CC1CCc2cc([C@H]3CC[C@](N)(CO)C3)ccc2C1. The van der Waals surface area contributed by atoms with Crippen molar-refractivity contribution in [2.75, 3.05) is 6.61 Å². The van der Waals surface area contributed by atoms with E-state index in [4.69, 9.17) is 5.73 Å². The van der Waals surface area contributed by atoms with Crippen LogP contribution in [-0.4, -0.2) is 17.3 Å². The van der Waals surface area contributed by atoms with Crippen molar-refractivity contribution < 1.29 is 5.11 Å². The molecule has 0 saturated heterocycles. The third kappa shape index (κ3) is 4.10. The number of aliphatic hydroxyl groups is 1. The monoisotopic (exact) mass is 327 g/mol. The van der Waals surface area contributed by atoms with E-state index in [0.717, 1.165) is 25.2 Å². The fraction of sp³-hybridized carbons (Fsp3) is 0.636. The zero-order valence-electron chi connectivity index (χ0n) is 15.1. The van der Waals surface area contributed by atoms with Gasteiger partial charge in [-0.1, -0.05) is 43.7 Å². The van der Waals surface area contributed by atoms with E-state index in [2.05, 4.69) is 37.3 Å². The molecule has 1 fully saturated rings. The fourth-order valence-electron chi connectivity index (χ4n) is 4.46. The van der Waals surface area contributed by atoms with E-state index in [9.17, 15) is 5.11 Å². The minimum atomic E-state index is -0.351. The van der Waals surface area contributed by atoms with Gasteiger partial charge in [0.1, 0.15) is 0 Å². The van der Waals surface area contributed by atoms with Crippen molar-refractivity contribution in [2.45, 2.75) is 76.2 Å². The van der Waals surface area contributed by atoms with E-state index in [0.29, 0.717) is 5.92 Å². The molecule has 2 heteroatoms. The number of benzene rings is 1. The van der Waals surface area contributed by atoms with Crippen LogP contribution in [0.4, 0.5) is 0 Å². The summed E-state index contributed by atoms with van der Waals surface area (Å²) in [6, 6.07) is 7.12. The molecule has 2 aliphatic carbocycles. The van der Waals surface area contributed by atoms with Gasteiger partial charge in [0.2, 0.25) is 0 Å². The standard InChI is InChI=1S/C22H33NO/c1-2-3-4-5-6-17-7-8-19-14-20(10-9-18(19)13-17)21-11-12-22(23,15-21)16-24/h4-5,9-10,14,17,21,24H,2-3,6-8,11-13,15-16,23H2,1H3/b5-4-/t17?,21-,22+/m0/s1. The molecule has 3 rings (SSSR count). The molecule has 0 spiro atoms. The Kier molecular flexibility index (Phi) is 5.78. The van der Waals surface area contributed by atoms with Gasteiger partial charge < -0.3 is 10.8 Å².